The number of hydrogen-bond acceptors (Lipinski definition) is 5. The maximum atomic E-state index is 6.36. The molecule has 1 rings (SSSR count). The molecular formula is C15H34N2O3Si. The minimum atomic E-state index is -2.42. The Hall–Kier alpha value is 0.0169. The van der Waals surface area contributed by atoms with Crippen molar-refractivity contribution in [2.75, 3.05) is 32.9 Å². The van der Waals surface area contributed by atoms with Gasteiger partial charge in [-0.15, -0.1) is 0 Å². The molecule has 0 aromatic heterocycles. The van der Waals surface area contributed by atoms with E-state index in [2.05, 4.69) is 33.0 Å². The molecule has 1 aliphatic heterocycles. The normalized spacial score (nSPS) is 26.7. The van der Waals surface area contributed by atoms with Crippen LogP contribution in [0.25, 0.3) is 0 Å². The van der Waals surface area contributed by atoms with Crippen LogP contribution in [0.4, 0.5) is 0 Å². The van der Waals surface area contributed by atoms with Crippen molar-refractivity contribution in [3.05, 3.63) is 0 Å². The fourth-order valence-corrected chi connectivity index (χ4v) is 8.24. The van der Waals surface area contributed by atoms with Gasteiger partial charge in [0.25, 0.3) is 0 Å². The van der Waals surface area contributed by atoms with Crippen LogP contribution < -0.4 is 11.1 Å². The van der Waals surface area contributed by atoms with Crippen molar-refractivity contribution >= 4 is 8.56 Å². The highest BCUT2D eigenvalue weighted by atomic mass is 28.4. The molecule has 2 atom stereocenters. The number of ether oxygens (including phenoxy) is 1. The van der Waals surface area contributed by atoms with E-state index in [0.29, 0.717) is 26.4 Å². The Labute approximate surface area is 131 Å². The quantitative estimate of drug-likeness (QED) is 0.603. The van der Waals surface area contributed by atoms with Crippen molar-refractivity contribution in [3.63, 3.8) is 0 Å². The first kappa shape index (κ1) is 19.1. The van der Waals surface area contributed by atoms with Crippen molar-refractivity contribution in [1.82, 2.24) is 5.32 Å². The van der Waals surface area contributed by atoms with Gasteiger partial charge in [0, 0.05) is 39.0 Å². The summed E-state index contributed by atoms with van der Waals surface area (Å²) in [6.45, 7) is 11.8. The van der Waals surface area contributed by atoms with Crippen molar-refractivity contribution < 1.29 is 13.6 Å². The fourth-order valence-electron chi connectivity index (χ4n) is 3.62. The summed E-state index contributed by atoms with van der Waals surface area (Å²) < 4.78 is 19.0. The Kier molecular flexibility index (Phi) is 8.37. The molecule has 0 aliphatic carbocycles. The lowest BCUT2D eigenvalue weighted by molar-refractivity contribution is -0.0592. The smallest absolute Gasteiger partial charge is 0.372 e. The molecule has 0 spiro atoms. The highest BCUT2D eigenvalue weighted by Gasteiger charge is 2.62. The summed E-state index contributed by atoms with van der Waals surface area (Å²) in [6, 6.07) is 1.20. The van der Waals surface area contributed by atoms with Gasteiger partial charge in [0.2, 0.25) is 0 Å². The highest BCUT2D eigenvalue weighted by Crippen LogP contribution is 2.43. The first-order chi connectivity index (χ1) is 10.1. The van der Waals surface area contributed by atoms with E-state index in [-0.39, 0.29) is 11.3 Å². The van der Waals surface area contributed by atoms with E-state index in [1.807, 2.05) is 0 Å². The predicted octanol–water partition coefficient (Wildman–Crippen LogP) is 1.94. The van der Waals surface area contributed by atoms with E-state index in [0.717, 1.165) is 19.0 Å². The van der Waals surface area contributed by atoms with Crippen LogP contribution in [-0.4, -0.2) is 52.7 Å². The lowest BCUT2D eigenvalue weighted by atomic mass is 10.0. The van der Waals surface area contributed by atoms with E-state index in [4.69, 9.17) is 19.3 Å². The largest absolute Gasteiger partial charge is 0.393 e. The van der Waals surface area contributed by atoms with Gasteiger partial charge in [-0.05, 0) is 40.2 Å². The van der Waals surface area contributed by atoms with Crippen LogP contribution in [-0.2, 0) is 13.6 Å². The number of hydrogen-bond donors (Lipinski definition) is 2. The van der Waals surface area contributed by atoms with Gasteiger partial charge in [0.05, 0.1) is 0 Å². The van der Waals surface area contributed by atoms with Gasteiger partial charge in [-0.3, -0.25) is 0 Å². The number of nitrogens with two attached hydrogens (primary N) is 1. The molecule has 126 valence electrons. The maximum absolute atomic E-state index is 6.36. The molecule has 1 aliphatic rings. The van der Waals surface area contributed by atoms with Gasteiger partial charge >= 0.3 is 8.56 Å². The maximum Gasteiger partial charge on any atom is 0.372 e. The SMILES string of the molecule is CCOC1(C(C)NCCN)CCCC[Si]1(OCC)OCC. The third-order valence-electron chi connectivity index (χ3n) is 4.40. The van der Waals surface area contributed by atoms with Gasteiger partial charge in [0.15, 0.2) is 0 Å². The zero-order valence-corrected chi connectivity index (χ0v) is 15.2. The van der Waals surface area contributed by atoms with Crippen LogP contribution in [0.2, 0.25) is 6.04 Å². The van der Waals surface area contributed by atoms with Crippen LogP contribution >= 0.6 is 0 Å². The van der Waals surface area contributed by atoms with E-state index in [9.17, 15) is 0 Å². The molecule has 0 saturated carbocycles. The Morgan fingerprint density at radius 2 is 1.81 bits per heavy atom. The molecule has 6 heteroatoms. The van der Waals surface area contributed by atoms with E-state index in [1.54, 1.807) is 0 Å². The van der Waals surface area contributed by atoms with E-state index >= 15 is 0 Å². The summed E-state index contributed by atoms with van der Waals surface area (Å²) in [7, 11) is -2.42. The summed E-state index contributed by atoms with van der Waals surface area (Å²) in [5, 5.41) is 3.21. The molecule has 0 amide bonds. The molecule has 21 heavy (non-hydrogen) atoms. The molecule has 1 heterocycles. The second-order valence-electron chi connectivity index (χ2n) is 5.61. The van der Waals surface area contributed by atoms with Gasteiger partial charge in [-0.1, -0.05) is 12.8 Å². The first-order valence-electron chi connectivity index (χ1n) is 8.47. The molecule has 1 fully saturated rings. The molecule has 1 saturated heterocycles. The minimum absolute atomic E-state index is 0.186. The Bertz CT molecular complexity index is 279. The average molecular weight is 319 g/mol. The predicted molar refractivity (Wildman–Crippen MR) is 88.5 cm³/mol. The third-order valence-corrected chi connectivity index (χ3v) is 9.04. The second kappa shape index (κ2) is 9.22. The molecule has 0 aromatic rings. The molecule has 2 unspecified atom stereocenters. The Morgan fingerprint density at radius 1 is 1.14 bits per heavy atom. The Morgan fingerprint density at radius 3 is 2.33 bits per heavy atom. The summed E-state index contributed by atoms with van der Waals surface area (Å²) in [4.78, 5) is 0. The number of nitrogens with one attached hydrogen (secondary N) is 1. The van der Waals surface area contributed by atoms with Crippen LogP contribution in [0, 0.1) is 0 Å². The topological polar surface area (TPSA) is 65.7 Å². The third kappa shape index (κ3) is 4.06. The summed E-state index contributed by atoms with van der Waals surface area (Å²) in [5.74, 6) is 0. The van der Waals surface area contributed by atoms with Gasteiger partial charge < -0.3 is 24.6 Å². The van der Waals surface area contributed by atoms with Crippen molar-refractivity contribution in [2.45, 2.75) is 64.3 Å². The zero-order chi connectivity index (χ0) is 15.8. The lowest BCUT2D eigenvalue weighted by Gasteiger charge is -2.52. The molecule has 0 bridgehead atoms. The fraction of sp³-hybridized carbons (Fsp3) is 1.00. The monoisotopic (exact) mass is 318 g/mol. The van der Waals surface area contributed by atoms with Crippen molar-refractivity contribution in [3.8, 4) is 0 Å². The van der Waals surface area contributed by atoms with Crippen LogP contribution in [0.15, 0.2) is 0 Å². The molecule has 0 aromatic carbocycles. The van der Waals surface area contributed by atoms with E-state index < -0.39 is 8.56 Å². The van der Waals surface area contributed by atoms with Gasteiger partial charge in [-0.25, -0.2) is 0 Å². The molecular weight excluding hydrogens is 284 g/mol. The summed E-state index contributed by atoms with van der Waals surface area (Å²) in [5.41, 5.74) is 5.65. The van der Waals surface area contributed by atoms with Gasteiger partial charge in [0.1, 0.15) is 5.22 Å². The molecule has 5 nitrogen and oxygen atoms in total. The molecule has 3 N–H and O–H groups in total. The number of rotatable bonds is 10. The average Bonchev–Trinajstić information content (AvgIpc) is 2.48. The van der Waals surface area contributed by atoms with Crippen molar-refractivity contribution in [1.29, 1.82) is 0 Å². The lowest BCUT2D eigenvalue weighted by Crippen LogP contribution is -2.73. The van der Waals surface area contributed by atoms with Crippen LogP contribution in [0.3, 0.4) is 0 Å². The zero-order valence-electron chi connectivity index (χ0n) is 14.2. The summed E-state index contributed by atoms with van der Waals surface area (Å²) >= 11 is 0. The minimum Gasteiger partial charge on any atom is -0.393 e. The second-order valence-corrected chi connectivity index (χ2v) is 9.04. The van der Waals surface area contributed by atoms with Gasteiger partial charge in [-0.2, -0.15) is 0 Å². The summed E-state index contributed by atoms with van der Waals surface area (Å²) in [6.07, 6.45) is 3.35. The highest BCUT2D eigenvalue weighted by molar-refractivity contribution is 6.71. The van der Waals surface area contributed by atoms with Crippen molar-refractivity contribution in [2.24, 2.45) is 5.73 Å². The standard InChI is InChI=1S/C15H34N2O3Si/c1-5-18-15(14(4)17-12-11-16)10-8-9-13-21(15,19-6-2)20-7-3/h14,17H,5-13,16H2,1-4H3. The van der Waals surface area contributed by atoms with Crippen LogP contribution in [0.5, 0.6) is 0 Å². The first-order valence-corrected chi connectivity index (χ1v) is 10.5. The van der Waals surface area contributed by atoms with E-state index in [1.165, 1.54) is 12.8 Å². The van der Waals surface area contributed by atoms with Crippen LogP contribution in [0.1, 0.15) is 47.0 Å². The Balaban J connectivity index is 3.12. The molecule has 0 radical (unpaired) electrons.